The van der Waals surface area contributed by atoms with E-state index in [-0.39, 0.29) is 18.2 Å². The summed E-state index contributed by atoms with van der Waals surface area (Å²) >= 11 is 6.11. The van der Waals surface area contributed by atoms with Crippen LogP contribution in [-0.4, -0.2) is 59.9 Å². The number of pyridine rings is 1. The molecule has 136 valence electrons. The normalized spacial score (nSPS) is 14.2. The lowest BCUT2D eigenvalue weighted by Crippen LogP contribution is -2.51. The van der Waals surface area contributed by atoms with Crippen LogP contribution >= 0.6 is 11.6 Å². The van der Waals surface area contributed by atoms with Crippen molar-refractivity contribution in [3.8, 4) is 5.75 Å². The summed E-state index contributed by atoms with van der Waals surface area (Å²) in [5.74, 6) is 0.514. The van der Waals surface area contributed by atoms with Crippen molar-refractivity contribution in [1.29, 1.82) is 0 Å². The van der Waals surface area contributed by atoms with Gasteiger partial charge in [-0.2, -0.15) is 0 Å². The van der Waals surface area contributed by atoms with Crippen molar-refractivity contribution in [3.05, 3.63) is 58.9 Å². The predicted molar refractivity (Wildman–Crippen MR) is 98.4 cm³/mol. The maximum atomic E-state index is 12.5. The zero-order valence-electron chi connectivity index (χ0n) is 14.5. The number of methoxy groups -OCH3 is 1. The number of aromatic nitrogens is 1. The molecule has 1 aliphatic rings. The van der Waals surface area contributed by atoms with Crippen molar-refractivity contribution < 1.29 is 14.3 Å². The number of hydrogen-bond donors (Lipinski definition) is 0. The summed E-state index contributed by atoms with van der Waals surface area (Å²) in [6, 6.07) is 10.6. The van der Waals surface area contributed by atoms with Crippen LogP contribution in [0.2, 0.25) is 5.02 Å². The van der Waals surface area contributed by atoms with Gasteiger partial charge in [-0.1, -0.05) is 23.7 Å². The van der Waals surface area contributed by atoms with Crippen LogP contribution in [0.4, 0.5) is 0 Å². The fourth-order valence-electron chi connectivity index (χ4n) is 2.92. The van der Waals surface area contributed by atoms with Gasteiger partial charge in [0.2, 0.25) is 5.91 Å². The number of benzene rings is 1. The van der Waals surface area contributed by atoms with Crippen molar-refractivity contribution in [2.45, 2.75) is 6.42 Å². The molecule has 2 amide bonds. The van der Waals surface area contributed by atoms with Gasteiger partial charge in [0.1, 0.15) is 11.4 Å². The number of halogens is 1. The Hall–Kier alpha value is -2.60. The number of carbonyl (C=O) groups is 2. The maximum Gasteiger partial charge on any atom is 0.272 e. The van der Waals surface area contributed by atoms with Crippen LogP contribution in [0.1, 0.15) is 16.1 Å². The van der Waals surface area contributed by atoms with Crippen molar-refractivity contribution in [2.24, 2.45) is 0 Å². The molecule has 1 fully saturated rings. The average Bonchev–Trinajstić information content (AvgIpc) is 2.68. The minimum atomic E-state index is -0.0976. The molecule has 3 rings (SSSR count). The Bertz CT molecular complexity index is 790. The van der Waals surface area contributed by atoms with E-state index >= 15 is 0 Å². The maximum absolute atomic E-state index is 12.5. The van der Waals surface area contributed by atoms with E-state index in [9.17, 15) is 9.59 Å². The molecule has 0 spiro atoms. The number of ether oxygens (including phenoxy) is 1. The molecule has 0 bridgehead atoms. The Balaban J connectivity index is 1.55. The summed E-state index contributed by atoms with van der Waals surface area (Å²) in [6.45, 7) is 2.04. The van der Waals surface area contributed by atoms with Crippen molar-refractivity contribution in [2.75, 3.05) is 33.3 Å². The second-order valence-electron chi connectivity index (χ2n) is 6.03. The third-order valence-corrected chi connectivity index (χ3v) is 4.67. The van der Waals surface area contributed by atoms with Crippen LogP contribution in [-0.2, 0) is 11.2 Å². The van der Waals surface area contributed by atoms with E-state index in [1.165, 1.54) is 0 Å². The summed E-state index contributed by atoms with van der Waals surface area (Å²) in [5.41, 5.74) is 1.27. The molecular formula is C19H20ClN3O3. The van der Waals surface area contributed by atoms with Crippen LogP contribution in [0.5, 0.6) is 5.75 Å². The van der Waals surface area contributed by atoms with Gasteiger partial charge in [-0.05, 0) is 29.8 Å². The van der Waals surface area contributed by atoms with Gasteiger partial charge >= 0.3 is 0 Å². The second-order valence-corrected chi connectivity index (χ2v) is 6.44. The highest BCUT2D eigenvalue weighted by Gasteiger charge is 2.25. The molecule has 6 nitrogen and oxygen atoms in total. The molecule has 1 saturated heterocycles. The largest absolute Gasteiger partial charge is 0.495 e. The Morgan fingerprint density at radius 2 is 1.85 bits per heavy atom. The van der Waals surface area contributed by atoms with Crippen LogP contribution in [0, 0.1) is 0 Å². The highest BCUT2D eigenvalue weighted by atomic mass is 35.5. The molecule has 0 radical (unpaired) electrons. The first-order chi connectivity index (χ1) is 12.6. The molecule has 26 heavy (non-hydrogen) atoms. The number of hydrogen-bond acceptors (Lipinski definition) is 4. The molecule has 0 N–H and O–H groups in total. The van der Waals surface area contributed by atoms with Crippen molar-refractivity contribution >= 4 is 23.4 Å². The van der Waals surface area contributed by atoms with Crippen LogP contribution < -0.4 is 4.74 Å². The first-order valence-corrected chi connectivity index (χ1v) is 8.77. The topological polar surface area (TPSA) is 62.7 Å². The van der Waals surface area contributed by atoms with Gasteiger partial charge in [0.25, 0.3) is 5.91 Å². The quantitative estimate of drug-likeness (QED) is 0.824. The van der Waals surface area contributed by atoms with Crippen LogP contribution in [0.3, 0.4) is 0 Å². The Morgan fingerprint density at radius 1 is 1.12 bits per heavy atom. The van der Waals surface area contributed by atoms with Gasteiger partial charge in [0, 0.05) is 32.4 Å². The van der Waals surface area contributed by atoms with Gasteiger partial charge < -0.3 is 14.5 Å². The van der Waals surface area contributed by atoms with E-state index in [0.717, 1.165) is 5.56 Å². The van der Waals surface area contributed by atoms with Gasteiger partial charge in [-0.25, -0.2) is 0 Å². The molecule has 0 saturated carbocycles. The van der Waals surface area contributed by atoms with Crippen molar-refractivity contribution in [1.82, 2.24) is 14.8 Å². The Kier molecular flexibility index (Phi) is 5.73. The second kappa shape index (κ2) is 8.19. The molecule has 0 aliphatic carbocycles. The molecule has 2 heterocycles. The van der Waals surface area contributed by atoms with E-state index < -0.39 is 0 Å². The van der Waals surface area contributed by atoms with E-state index in [2.05, 4.69) is 4.98 Å². The summed E-state index contributed by atoms with van der Waals surface area (Å²) in [4.78, 5) is 32.5. The smallest absolute Gasteiger partial charge is 0.272 e. The van der Waals surface area contributed by atoms with Gasteiger partial charge in [-0.3, -0.25) is 14.6 Å². The highest BCUT2D eigenvalue weighted by Crippen LogP contribution is 2.25. The molecule has 1 aromatic carbocycles. The lowest BCUT2D eigenvalue weighted by molar-refractivity contribution is -0.131. The molecule has 2 aromatic rings. The lowest BCUT2D eigenvalue weighted by Gasteiger charge is -2.34. The molecule has 1 aromatic heterocycles. The first-order valence-electron chi connectivity index (χ1n) is 8.39. The number of rotatable bonds is 4. The van der Waals surface area contributed by atoms with Gasteiger partial charge in [0.05, 0.1) is 18.6 Å². The number of nitrogens with zero attached hydrogens (tertiary/aromatic N) is 3. The number of piperazine rings is 1. The van der Waals surface area contributed by atoms with Crippen molar-refractivity contribution in [3.63, 3.8) is 0 Å². The minimum absolute atomic E-state index is 0.0242. The zero-order valence-corrected chi connectivity index (χ0v) is 15.3. The SMILES string of the molecule is COc1ccc(CC(=O)N2CCN(C(=O)c3ccccn3)CC2)cc1Cl. The first kappa shape index (κ1) is 18.2. The standard InChI is InChI=1S/C19H20ClN3O3/c1-26-17-6-5-14(12-15(17)20)13-18(24)22-8-10-23(11-9-22)19(25)16-4-2-3-7-21-16/h2-7,12H,8-11,13H2,1H3. The van der Waals surface area contributed by atoms with Crippen LogP contribution in [0.15, 0.2) is 42.6 Å². The molecule has 0 unspecified atom stereocenters. The number of amides is 2. The fourth-order valence-corrected chi connectivity index (χ4v) is 3.20. The Labute approximate surface area is 157 Å². The average molecular weight is 374 g/mol. The summed E-state index contributed by atoms with van der Waals surface area (Å²) in [6.07, 6.45) is 1.88. The van der Waals surface area contributed by atoms with Gasteiger partial charge in [0.15, 0.2) is 0 Å². The summed E-state index contributed by atoms with van der Waals surface area (Å²) in [5, 5.41) is 0.489. The van der Waals surface area contributed by atoms with E-state index in [1.54, 1.807) is 53.4 Å². The molecule has 0 atom stereocenters. The lowest BCUT2D eigenvalue weighted by atomic mass is 10.1. The van der Waals surface area contributed by atoms with Crippen LogP contribution in [0.25, 0.3) is 0 Å². The zero-order chi connectivity index (χ0) is 18.5. The number of carbonyl (C=O) groups excluding carboxylic acids is 2. The van der Waals surface area contributed by atoms with Gasteiger partial charge in [-0.15, -0.1) is 0 Å². The summed E-state index contributed by atoms with van der Waals surface area (Å²) in [7, 11) is 1.55. The third-order valence-electron chi connectivity index (χ3n) is 4.38. The fraction of sp³-hybridized carbons (Fsp3) is 0.316. The molecule has 1 aliphatic heterocycles. The van der Waals surface area contributed by atoms with E-state index in [4.69, 9.17) is 16.3 Å². The highest BCUT2D eigenvalue weighted by molar-refractivity contribution is 6.32. The van der Waals surface area contributed by atoms with E-state index in [1.807, 2.05) is 6.07 Å². The third kappa shape index (κ3) is 4.14. The van der Waals surface area contributed by atoms with E-state index in [0.29, 0.717) is 42.6 Å². The monoisotopic (exact) mass is 373 g/mol. The molecule has 7 heteroatoms. The minimum Gasteiger partial charge on any atom is -0.495 e. The molecular weight excluding hydrogens is 354 g/mol. The Morgan fingerprint density at radius 3 is 2.46 bits per heavy atom. The summed E-state index contributed by atoms with van der Waals surface area (Å²) < 4.78 is 5.12. The predicted octanol–water partition coefficient (Wildman–Crippen LogP) is 2.27.